The van der Waals surface area contributed by atoms with Crippen molar-refractivity contribution in [2.24, 2.45) is 0 Å². The SMILES string of the molecule is Cc1ccc(F)cc1NC(=O)N[C@H]1C[C@H]2C(=O)N[C@@H](Cc3ccc(Cl)cc3)C(=O)N2C1. The van der Waals surface area contributed by atoms with Gasteiger partial charge in [-0.15, -0.1) is 0 Å². The van der Waals surface area contributed by atoms with Gasteiger partial charge in [0.1, 0.15) is 17.9 Å². The predicted molar refractivity (Wildman–Crippen MR) is 114 cm³/mol. The number of fused-ring (bicyclic) bond motifs is 1. The highest BCUT2D eigenvalue weighted by Gasteiger charge is 2.46. The van der Waals surface area contributed by atoms with Gasteiger partial charge in [0.2, 0.25) is 11.8 Å². The Labute approximate surface area is 183 Å². The van der Waals surface area contributed by atoms with Crippen LogP contribution in [-0.2, 0) is 16.0 Å². The third-order valence-corrected chi connectivity index (χ3v) is 5.89. The lowest BCUT2D eigenvalue weighted by Crippen LogP contribution is -2.61. The third-order valence-electron chi connectivity index (χ3n) is 5.64. The molecule has 2 fully saturated rings. The van der Waals surface area contributed by atoms with Crippen molar-refractivity contribution in [2.45, 2.75) is 37.9 Å². The maximum absolute atomic E-state index is 13.4. The van der Waals surface area contributed by atoms with Crippen LogP contribution in [0.3, 0.4) is 0 Å². The Bertz CT molecular complexity index is 1030. The highest BCUT2D eigenvalue weighted by molar-refractivity contribution is 6.30. The number of amides is 4. The van der Waals surface area contributed by atoms with E-state index in [1.807, 2.05) is 12.1 Å². The molecule has 2 aromatic carbocycles. The molecule has 0 aromatic heterocycles. The van der Waals surface area contributed by atoms with E-state index in [1.54, 1.807) is 25.1 Å². The fourth-order valence-electron chi connectivity index (χ4n) is 4.03. The average Bonchev–Trinajstić information content (AvgIpc) is 3.15. The summed E-state index contributed by atoms with van der Waals surface area (Å²) < 4.78 is 13.4. The third kappa shape index (κ3) is 4.64. The van der Waals surface area contributed by atoms with Crippen LogP contribution in [-0.4, -0.2) is 47.4 Å². The van der Waals surface area contributed by atoms with Gasteiger partial charge in [-0.1, -0.05) is 29.8 Å². The van der Waals surface area contributed by atoms with Crippen LogP contribution in [0.5, 0.6) is 0 Å². The minimum atomic E-state index is -0.660. The minimum absolute atomic E-state index is 0.176. The molecule has 0 bridgehead atoms. The number of nitrogens with one attached hydrogen (secondary N) is 3. The van der Waals surface area contributed by atoms with Crippen molar-refractivity contribution in [3.63, 3.8) is 0 Å². The molecule has 4 rings (SSSR count). The van der Waals surface area contributed by atoms with Crippen molar-refractivity contribution in [3.8, 4) is 0 Å². The maximum Gasteiger partial charge on any atom is 0.319 e. The van der Waals surface area contributed by atoms with E-state index < -0.39 is 23.9 Å². The number of urea groups is 1. The fraction of sp³-hybridized carbons (Fsp3) is 0.318. The van der Waals surface area contributed by atoms with E-state index in [4.69, 9.17) is 11.6 Å². The predicted octanol–water partition coefficient (Wildman–Crippen LogP) is 2.62. The van der Waals surface area contributed by atoms with E-state index in [2.05, 4.69) is 16.0 Å². The number of halogens is 2. The summed E-state index contributed by atoms with van der Waals surface area (Å²) >= 11 is 5.90. The van der Waals surface area contributed by atoms with E-state index in [0.29, 0.717) is 23.6 Å². The van der Waals surface area contributed by atoms with Crippen LogP contribution in [0.25, 0.3) is 0 Å². The molecule has 2 aliphatic rings. The Hall–Kier alpha value is -3.13. The molecule has 0 aliphatic carbocycles. The van der Waals surface area contributed by atoms with Gasteiger partial charge < -0.3 is 20.9 Å². The van der Waals surface area contributed by atoms with Crippen LogP contribution in [0.4, 0.5) is 14.9 Å². The van der Waals surface area contributed by atoms with Crippen LogP contribution < -0.4 is 16.0 Å². The molecule has 0 spiro atoms. The van der Waals surface area contributed by atoms with Crippen molar-refractivity contribution in [1.29, 1.82) is 0 Å². The summed E-state index contributed by atoms with van der Waals surface area (Å²) in [5.41, 5.74) is 1.98. The smallest absolute Gasteiger partial charge is 0.319 e. The molecule has 2 aliphatic heterocycles. The second-order valence-corrected chi connectivity index (χ2v) is 8.32. The van der Waals surface area contributed by atoms with Gasteiger partial charge in [-0.05, 0) is 48.7 Å². The van der Waals surface area contributed by atoms with Crippen molar-refractivity contribution in [3.05, 3.63) is 64.4 Å². The molecule has 9 heteroatoms. The first kappa shape index (κ1) is 21.1. The molecule has 31 heavy (non-hydrogen) atoms. The Morgan fingerprint density at radius 1 is 1.23 bits per heavy atom. The maximum atomic E-state index is 13.4. The normalized spacial score (nSPS) is 22.7. The van der Waals surface area contributed by atoms with Crippen LogP contribution >= 0.6 is 11.6 Å². The molecule has 3 N–H and O–H groups in total. The van der Waals surface area contributed by atoms with Crippen LogP contribution in [0, 0.1) is 12.7 Å². The summed E-state index contributed by atoms with van der Waals surface area (Å²) in [6, 6.07) is 9.08. The van der Waals surface area contributed by atoms with E-state index in [-0.39, 0.29) is 24.4 Å². The fourth-order valence-corrected chi connectivity index (χ4v) is 4.16. The number of nitrogens with zero attached hydrogens (tertiary/aromatic N) is 1. The summed E-state index contributed by atoms with van der Waals surface area (Å²) in [5, 5.41) is 8.80. The Morgan fingerprint density at radius 2 is 1.97 bits per heavy atom. The molecule has 4 amide bonds. The number of hydrogen-bond donors (Lipinski definition) is 3. The lowest BCUT2D eigenvalue weighted by atomic mass is 10.0. The number of carbonyl (C=O) groups is 3. The van der Waals surface area contributed by atoms with Crippen molar-refractivity contribution in [1.82, 2.24) is 15.5 Å². The lowest BCUT2D eigenvalue weighted by molar-refractivity contribution is -0.147. The first-order valence-electron chi connectivity index (χ1n) is 9.99. The highest BCUT2D eigenvalue weighted by Crippen LogP contribution is 2.24. The topological polar surface area (TPSA) is 90.5 Å². The van der Waals surface area contributed by atoms with Crippen molar-refractivity contribution < 1.29 is 18.8 Å². The molecule has 7 nitrogen and oxygen atoms in total. The summed E-state index contributed by atoms with van der Waals surface area (Å²) in [7, 11) is 0. The van der Waals surface area contributed by atoms with Gasteiger partial charge in [-0.2, -0.15) is 0 Å². The molecule has 2 heterocycles. The molecule has 0 radical (unpaired) electrons. The number of carbonyl (C=O) groups excluding carboxylic acids is 3. The van der Waals surface area contributed by atoms with Gasteiger partial charge in [-0.25, -0.2) is 9.18 Å². The zero-order chi connectivity index (χ0) is 22.1. The Balaban J connectivity index is 1.38. The molecule has 2 saturated heterocycles. The van der Waals surface area contributed by atoms with Gasteiger partial charge in [-0.3, -0.25) is 9.59 Å². The average molecular weight is 445 g/mol. The van der Waals surface area contributed by atoms with Crippen molar-refractivity contribution >= 4 is 35.1 Å². The Morgan fingerprint density at radius 3 is 2.71 bits per heavy atom. The summed E-state index contributed by atoms with van der Waals surface area (Å²) in [6.45, 7) is 2.00. The lowest BCUT2D eigenvalue weighted by Gasteiger charge is -2.34. The van der Waals surface area contributed by atoms with E-state index in [9.17, 15) is 18.8 Å². The van der Waals surface area contributed by atoms with E-state index >= 15 is 0 Å². The zero-order valence-corrected chi connectivity index (χ0v) is 17.6. The summed E-state index contributed by atoms with van der Waals surface area (Å²) in [6.07, 6.45) is 0.684. The minimum Gasteiger partial charge on any atom is -0.342 e. The number of anilines is 1. The quantitative estimate of drug-likeness (QED) is 0.677. The van der Waals surface area contributed by atoms with Crippen LogP contribution in [0.15, 0.2) is 42.5 Å². The number of benzene rings is 2. The summed E-state index contributed by atoms with van der Waals surface area (Å²) in [5.74, 6) is -0.859. The molecule has 3 atom stereocenters. The van der Waals surface area contributed by atoms with Crippen LogP contribution in [0.2, 0.25) is 5.02 Å². The molecule has 2 aromatic rings. The second kappa shape index (κ2) is 8.55. The zero-order valence-electron chi connectivity index (χ0n) is 16.8. The van der Waals surface area contributed by atoms with Crippen molar-refractivity contribution in [2.75, 3.05) is 11.9 Å². The van der Waals surface area contributed by atoms with Gasteiger partial charge >= 0.3 is 6.03 Å². The van der Waals surface area contributed by atoms with E-state index in [1.165, 1.54) is 17.0 Å². The monoisotopic (exact) mass is 444 g/mol. The van der Waals surface area contributed by atoms with Gasteiger partial charge in [0, 0.05) is 23.7 Å². The number of piperazine rings is 1. The first-order chi connectivity index (χ1) is 14.8. The number of aryl methyl sites for hydroxylation is 1. The standard InChI is InChI=1S/C22H22ClFN4O3/c1-12-2-7-15(24)9-17(12)27-22(31)25-16-10-19-20(29)26-18(21(30)28(19)11-16)8-13-3-5-14(23)6-4-13/h2-7,9,16,18-19H,8,10-11H2,1H3,(H,26,29)(H2,25,27,31)/t16-,18-,19-/m0/s1. The van der Waals surface area contributed by atoms with Gasteiger partial charge in [0.25, 0.3) is 0 Å². The van der Waals surface area contributed by atoms with Crippen LogP contribution in [0.1, 0.15) is 17.5 Å². The van der Waals surface area contributed by atoms with E-state index in [0.717, 1.165) is 11.1 Å². The largest absolute Gasteiger partial charge is 0.342 e. The second-order valence-electron chi connectivity index (χ2n) is 7.89. The Kier molecular flexibility index (Phi) is 5.82. The molecule has 162 valence electrons. The summed E-state index contributed by atoms with van der Waals surface area (Å²) in [4.78, 5) is 39.4. The highest BCUT2D eigenvalue weighted by atomic mass is 35.5. The first-order valence-corrected chi connectivity index (χ1v) is 10.4. The molecule has 0 saturated carbocycles. The number of hydrogen-bond acceptors (Lipinski definition) is 3. The molecular weight excluding hydrogens is 423 g/mol. The molecular formula is C22H22ClFN4O3. The number of rotatable bonds is 4. The molecule has 0 unspecified atom stereocenters. The van der Waals surface area contributed by atoms with Gasteiger partial charge in [0.15, 0.2) is 0 Å². The van der Waals surface area contributed by atoms with Gasteiger partial charge in [0.05, 0.1) is 6.04 Å².